The van der Waals surface area contributed by atoms with Crippen LogP contribution in [0.3, 0.4) is 0 Å². The Kier molecular flexibility index (Phi) is 6.47. The first kappa shape index (κ1) is 21.3. The predicted octanol–water partition coefficient (Wildman–Crippen LogP) is 3.04. The highest BCUT2D eigenvalue weighted by Crippen LogP contribution is 2.30. The van der Waals surface area contributed by atoms with E-state index in [4.69, 9.17) is 4.74 Å². The molecule has 0 unspecified atom stereocenters. The van der Waals surface area contributed by atoms with Crippen molar-refractivity contribution < 1.29 is 17.9 Å². The lowest BCUT2D eigenvalue weighted by molar-refractivity contribution is -0.0440. The van der Waals surface area contributed by atoms with Gasteiger partial charge in [0.2, 0.25) is 10.0 Å². The van der Waals surface area contributed by atoms with E-state index in [1.807, 2.05) is 13.8 Å². The van der Waals surface area contributed by atoms with E-state index in [0.29, 0.717) is 30.5 Å². The number of morpholine rings is 1. The number of amides is 1. The summed E-state index contributed by atoms with van der Waals surface area (Å²) in [6.45, 7) is 8.78. The number of sulfonamides is 1. The van der Waals surface area contributed by atoms with Crippen LogP contribution in [0.15, 0.2) is 29.2 Å². The van der Waals surface area contributed by atoms with Crippen molar-refractivity contribution in [2.24, 2.45) is 11.8 Å². The van der Waals surface area contributed by atoms with Crippen molar-refractivity contribution in [3.8, 4) is 0 Å². The van der Waals surface area contributed by atoms with Gasteiger partial charge in [-0.25, -0.2) is 8.42 Å². The summed E-state index contributed by atoms with van der Waals surface area (Å²) in [6, 6.07) is 6.50. The Bertz CT molecular complexity index is 800. The lowest BCUT2D eigenvalue weighted by Crippen LogP contribution is -2.48. The van der Waals surface area contributed by atoms with Gasteiger partial charge in [-0.1, -0.05) is 32.8 Å². The summed E-state index contributed by atoms with van der Waals surface area (Å²) in [5, 5.41) is 3.12. The van der Waals surface area contributed by atoms with E-state index in [9.17, 15) is 13.2 Å². The van der Waals surface area contributed by atoms with Gasteiger partial charge in [-0.2, -0.15) is 4.31 Å². The summed E-state index contributed by atoms with van der Waals surface area (Å²) in [5.41, 5.74) is 0.390. The Morgan fingerprint density at radius 2 is 1.79 bits per heavy atom. The van der Waals surface area contributed by atoms with Gasteiger partial charge < -0.3 is 10.1 Å². The van der Waals surface area contributed by atoms with Gasteiger partial charge >= 0.3 is 0 Å². The highest BCUT2D eigenvalue weighted by molar-refractivity contribution is 7.89. The van der Waals surface area contributed by atoms with E-state index in [-0.39, 0.29) is 29.1 Å². The SMILES string of the molecule is C[C@@H]1[C@H](C)CCC[C@H]1NC(=O)c1cccc(S(=O)(=O)N2C[C@@H](C)O[C@@H](C)C2)c1. The Morgan fingerprint density at radius 3 is 2.46 bits per heavy atom. The number of benzene rings is 1. The standard InChI is InChI=1S/C21H32N2O4S/c1-14-7-5-10-20(17(14)4)22-21(24)18-8-6-9-19(11-18)28(25,26)23-12-15(2)27-16(3)13-23/h6,8-9,11,14-17,20H,5,7,10,12-13H2,1-4H3,(H,22,24)/t14-,15-,16+,17-,20-/m1/s1. The molecule has 0 radical (unpaired) electrons. The fourth-order valence-corrected chi connectivity index (χ4v) is 5.95. The van der Waals surface area contributed by atoms with Crippen LogP contribution in [0.4, 0.5) is 0 Å². The monoisotopic (exact) mass is 408 g/mol. The zero-order valence-electron chi connectivity index (χ0n) is 17.2. The number of rotatable bonds is 4. The fourth-order valence-electron chi connectivity index (χ4n) is 4.31. The van der Waals surface area contributed by atoms with Gasteiger partial charge in [-0.3, -0.25) is 4.79 Å². The summed E-state index contributed by atoms with van der Waals surface area (Å²) in [4.78, 5) is 12.9. The van der Waals surface area contributed by atoms with Crippen molar-refractivity contribution in [1.29, 1.82) is 0 Å². The lowest BCUT2D eigenvalue weighted by atomic mass is 9.78. The number of carbonyl (C=O) groups is 1. The van der Waals surface area contributed by atoms with Crippen LogP contribution in [0.1, 0.15) is 57.3 Å². The molecule has 6 nitrogen and oxygen atoms in total. The number of nitrogens with one attached hydrogen (secondary N) is 1. The fraction of sp³-hybridized carbons (Fsp3) is 0.667. The minimum absolute atomic E-state index is 0.137. The zero-order valence-corrected chi connectivity index (χ0v) is 18.0. The van der Waals surface area contributed by atoms with Crippen LogP contribution >= 0.6 is 0 Å². The topological polar surface area (TPSA) is 75.7 Å². The van der Waals surface area contributed by atoms with Crippen LogP contribution in [-0.2, 0) is 14.8 Å². The molecule has 5 atom stereocenters. The van der Waals surface area contributed by atoms with Crippen molar-refractivity contribution >= 4 is 15.9 Å². The third-order valence-corrected chi connectivity index (χ3v) is 7.97. The normalized spacial score (nSPS) is 32.1. The molecule has 1 amide bonds. The van der Waals surface area contributed by atoms with Crippen LogP contribution in [-0.4, -0.2) is 50.0 Å². The smallest absolute Gasteiger partial charge is 0.251 e. The van der Waals surface area contributed by atoms with E-state index in [1.165, 1.54) is 16.8 Å². The molecule has 1 aromatic rings. The molecular weight excluding hydrogens is 376 g/mol. The maximum atomic E-state index is 13.1. The quantitative estimate of drug-likeness (QED) is 0.831. The molecule has 0 bridgehead atoms. The molecule has 1 saturated carbocycles. The predicted molar refractivity (Wildman–Crippen MR) is 109 cm³/mol. The first-order valence-electron chi connectivity index (χ1n) is 10.2. The Balaban J connectivity index is 1.77. The van der Waals surface area contributed by atoms with Crippen molar-refractivity contribution in [3.63, 3.8) is 0 Å². The molecule has 1 saturated heterocycles. The Labute approximate surface area is 168 Å². The molecule has 0 aromatic heterocycles. The second-order valence-corrected chi connectivity index (χ2v) is 10.4. The molecule has 1 heterocycles. The highest BCUT2D eigenvalue weighted by atomic mass is 32.2. The van der Waals surface area contributed by atoms with Gasteiger partial charge in [0.05, 0.1) is 17.1 Å². The molecule has 1 aliphatic carbocycles. The van der Waals surface area contributed by atoms with Gasteiger partial charge in [-0.15, -0.1) is 0 Å². The average Bonchev–Trinajstić information content (AvgIpc) is 2.64. The van der Waals surface area contributed by atoms with Gasteiger partial charge in [-0.05, 0) is 50.3 Å². The molecule has 2 fully saturated rings. The molecule has 1 aliphatic heterocycles. The molecular formula is C21H32N2O4S. The second kappa shape index (κ2) is 8.51. The molecule has 28 heavy (non-hydrogen) atoms. The van der Waals surface area contributed by atoms with E-state index >= 15 is 0 Å². The summed E-state index contributed by atoms with van der Waals surface area (Å²) >= 11 is 0. The third-order valence-electron chi connectivity index (χ3n) is 6.14. The highest BCUT2D eigenvalue weighted by Gasteiger charge is 2.33. The van der Waals surface area contributed by atoms with Crippen LogP contribution in [0.2, 0.25) is 0 Å². The van der Waals surface area contributed by atoms with Crippen molar-refractivity contribution in [1.82, 2.24) is 9.62 Å². The van der Waals surface area contributed by atoms with Crippen molar-refractivity contribution in [2.45, 2.75) is 70.1 Å². The van der Waals surface area contributed by atoms with Crippen LogP contribution in [0, 0.1) is 11.8 Å². The third kappa shape index (κ3) is 4.58. The number of hydrogen-bond acceptors (Lipinski definition) is 4. The molecule has 156 valence electrons. The molecule has 7 heteroatoms. The molecule has 1 N–H and O–H groups in total. The number of ether oxygens (including phenoxy) is 1. The summed E-state index contributed by atoms with van der Waals surface area (Å²) in [5.74, 6) is 0.795. The first-order valence-corrected chi connectivity index (χ1v) is 11.7. The first-order chi connectivity index (χ1) is 13.2. The largest absolute Gasteiger partial charge is 0.373 e. The molecule has 2 aliphatic rings. The molecule has 0 spiro atoms. The maximum Gasteiger partial charge on any atom is 0.251 e. The van der Waals surface area contributed by atoms with E-state index in [1.54, 1.807) is 18.2 Å². The number of hydrogen-bond donors (Lipinski definition) is 1. The summed E-state index contributed by atoms with van der Waals surface area (Å²) < 4.78 is 33.2. The second-order valence-electron chi connectivity index (χ2n) is 8.45. The van der Waals surface area contributed by atoms with Crippen LogP contribution in [0.5, 0.6) is 0 Å². The van der Waals surface area contributed by atoms with Gasteiger partial charge in [0, 0.05) is 24.7 Å². The maximum absolute atomic E-state index is 13.1. The summed E-state index contributed by atoms with van der Waals surface area (Å²) in [6.07, 6.45) is 2.97. The van der Waals surface area contributed by atoms with E-state index in [0.717, 1.165) is 12.8 Å². The van der Waals surface area contributed by atoms with E-state index in [2.05, 4.69) is 19.2 Å². The number of carbonyl (C=O) groups excluding carboxylic acids is 1. The van der Waals surface area contributed by atoms with E-state index < -0.39 is 10.0 Å². The van der Waals surface area contributed by atoms with Crippen LogP contribution < -0.4 is 5.32 Å². The number of nitrogens with zero attached hydrogens (tertiary/aromatic N) is 1. The Hall–Kier alpha value is -1.44. The average molecular weight is 409 g/mol. The zero-order chi connectivity index (χ0) is 20.5. The van der Waals surface area contributed by atoms with Gasteiger partial charge in [0.25, 0.3) is 5.91 Å². The molecule has 3 rings (SSSR count). The molecule has 1 aromatic carbocycles. The minimum atomic E-state index is -3.66. The van der Waals surface area contributed by atoms with Crippen LogP contribution in [0.25, 0.3) is 0 Å². The lowest BCUT2D eigenvalue weighted by Gasteiger charge is -2.35. The van der Waals surface area contributed by atoms with Crippen molar-refractivity contribution in [3.05, 3.63) is 29.8 Å². The van der Waals surface area contributed by atoms with Crippen molar-refractivity contribution in [2.75, 3.05) is 13.1 Å². The van der Waals surface area contributed by atoms with Gasteiger partial charge in [0.1, 0.15) is 0 Å². The minimum Gasteiger partial charge on any atom is -0.373 e. The van der Waals surface area contributed by atoms with Gasteiger partial charge in [0.15, 0.2) is 0 Å². The Morgan fingerprint density at radius 1 is 1.11 bits per heavy atom. The summed E-state index contributed by atoms with van der Waals surface area (Å²) in [7, 11) is -3.66.